The van der Waals surface area contributed by atoms with Gasteiger partial charge in [-0.3, -0.25) is 9.78 Å². The summed E-state index contributed by atoms with van der Waals surface area (Å²) in [5.41, 5.74) is 1.09. The molecule has 0 radical (unpaired) electrons. The first-order valence-electron chi connectivity index (χ1n) is 9.34. The van der Waals surface area contributed by atoms with Crippen molar-refractivity contribution in [2.45, 2.75) is 31.2 Å². The number of nitrogens with one attached hydrogen (secondary N) is 2. The second-order valence-corrected chi connectivity index (χ2v) is 7.30. The zero-order chi connectivity index (χ0) is 19.5. The molecule has 1 fully saturated rings. The molecule has 28 heavy (non-hydrogen) atoms. The van der Waals surface area contributed by atoms with Crippen molar-refractivity contribution < 1.29 is 9.84 Å². The number of halogens is 1. The molecular weight excluding hydrogens is 382 g/mol. The molecular formula is C19H22ClN5O3. The van der Waals surface area contributed by atoms with Gasteiger partial charge in [-0.05, 0) is 37.0 Å². The minimum absolute atomic E-state index is 0.00876. The zero-order valence-electron chi connectivity index (χ0n) is 15.3. The van der Waals surface area contributed by atoms with Crippen LogP contribution in [0.1, 0.15) is 42.6 Å². The quantitative estimate of drug-likeness (QED) is 0.584. The Morgan fingerprint density at radius 3 is 2.79 bits per heavy atom. The first-order valence-corrected chi connectivity index (χ1v) is 9.72. The van der Waals surface area contributed by atoms with Crippen LogP contribution in [0.15, 0.2) is 35.3 Å². The molecule has 3 heterocycles. The summed E-state index contributed by atoms with van der Waals surface area (Å²) >= 11 is 5.97. The van der Waals surface area contributed by atoms with E-state index >= 15 is 0 Å². The van der Waals surface area contributed by atoms with Crippen molar-refractivity contribution in [2.24, 2.45) is 0 Å². The molecule has 4 rings (SSSR count). The second kappa shape index (κ2) is 8.30. The molecule has 0 amide bonds. The van der Waals surface area contributed by atoms with Crippen LogP contribution in [-0.2, 0) is 4.74 Å². The second-order valence-electron chi connectivity index (χ2n) is 6.86. The highest BCUT2D eigenvalue weighted by Crippen LogP contribution is 2.26. The molecule has 3 N–H and O–H groups in total. The lowest BCUT2D eigenvalue weighted by Crippen LogP contribution is -2.22. The summed E-state index contributed by atoms with van der Waals surface area (Å²) in [5, 5.41) is 17.9. The van der Waals surface area contributed by atoms with Gasteiger partial charge in [-0.15, -0.1) is 5.10 Å². The fraction of sp³-hybridized carbons (Fsp3) is 0.421. The van der Waals surface area contributed by atoms with E-state index in [2.05, 4.69) is 20.4 Å². The number of hydrogen-bond donors (Lipinski definition) is 3. The fourth-order valence-electron chi connectivity index (χ4n) is 3.53. The van der Waals surface area contributed by atoms with Gasteiger partial charge < -0.3 is 15.2 Å². The number of anilines is 1. The van der Waals surface area contributed by atoms with Crippen LogP contribution in [0.3, 0.4) is 0 Å². The number of aromatic amines is 1. The number of fused-ring (bicyclic) bond motifs is 1. The van der Waals surface area contributed by atoms with Crippen LogP contribution in [0.5, 0.6) is 0 Å². The lowest BCUT2D eigenvalue weighted by Gasteiger charge is -2.21. The first kappa shape index (κ1) is 18.9. The Balaban J connectivity index is 1.67. The van der Waals surface area contributed by atoms with Crippen molar-refractivity contribution in [3.05, 3.63) is 57.2 Å². The molecule has 1 saturated heterocycles. The van der Waals surface area contributed by atoms with Crippen molar-refractivity contribution in [3.8, 4) is 0 Å². The minimum Gasteiger partial charge on any atom is -0.396 e. The maximum absolute atomic E-state index is 12.5. The number of ether oxygens (including phenoxy) is 1. The Morgan fingerprint density at radius 2 is 2.07 bits per heavy atom. The molecule has 9 heteroatoms. The number of aliphatic hydroxyl groups is 1. The van der Waals surface area contributed by atoms with Crippen LogP contribution in [0.4, 0.5) is 5.95 Å². The molecule has 1 aliphatic rings. The highest BCUT2D eigenvalue weighted by atomic mass is 35.5. The van der Waals surface area contributed by atoms with Crippen molar-refractivity contribution >= 4 is 23.1 Å². The lowest BCUT2D eigenvalue weighted by atomic mass is 10.00. The molecule has 1 unspecified atom stereocenters. The Morgan fingerprint density at radius 1 is 1.32 bits per heavy atom. The summed E-state index contributed by atoms with van der Waals surface area (Å²) in [5.74, 6) is 1.32. The molecule has 1 aromatic carbocycles. The standard InChI is InChI=1S/C19H22ClN5O3/c20-14-3-1-12(2-4-14)15(5-8-26)22-19-23-18(27)16-11-21-17(25(16)24-19)13-6-9-28-10-7-13/h1-4,11,13,15,26H,5-10H2,(H2,22,23,24,27). The zero-order valence-corrected chi connectivity index (χ0v) is 16.0. The van der Waals surface area contributed by atoms with Gasteiger partial charge in [-0.25, -0.2) is 9.50 Å². The fourth-order valence-corrected chi connectivity index (χ4v) is 3.65. The number of aliphatic hydroxyl groups excluding tert-OH is 1. The number of rotatable bonds is 6. The van der Waals surface area contributed by atoms with Crippen LogP contribution in [0.25, 0.3) is 5.52 Å². The molecule has 8 nitrogen and oxygen atoms in total. The van der Waals surface area contributed by atoms with Gasteiger partial charge in [0.05, 0.1) is 12.2 Å². The van der Waals surface area contributed by atoms with Crippen molar-refractivity contribution in [2.75, 3.05) is 25.1 Å². The average Bonchev–Trinajstić information content (AvgIpc) is 3.13. The van der Waals surface area contributed by atoms with E-state index in [1.807, 2.05) is 12.1 Å². The SMILES string of the molecule is O=c1[nH]c(NC(CCO)c2ccc(Cl)cc2)nn2c(C3CCOCC3)ncc12. The van der Waals surface area contributed by atoms with E-state index in [9.17, 15) is 9.90 Å². The highest BCUT2D eigenvalue weighted by Gasteiger charge is 2.22. The van der Waals surface area contributed by atoms with Crippen molar-refractivity contribution in [1.29, 1.82) is 0 Å². The van der Waals surface area contributed by atoms with Crippen molar-refractivity contribution in [1.82, 2.24) is 19.6 Å². The van der Waals surface area contributed by atoms with Gasteiger partial charge in [0.25, 0.3) is 5.56 Å². The number of H-pyrrole nitrogens is 1. The summed E-state index contributed by atoms with van der Waals surface area (Å²) < 4.78 is 7.04. The Bertz CT molecular complexity index is 995. The smallest absolute Gasteiger partial charge is 0.278 e. The van der Waals surface area contributed by atoms with Crippen LogP contribution in [0, 0.1) is 0 Å². The average molecular weight is 404 g/mol. The Hall–Kier alpha value is -2.42. The molecule has 2 aromatic heterocycles. The van der Waals surface area contributed by atoms with Gasteiger partial charge in [0.15, 0.2) is 5.52 Å². The highest BCUT2D eigenvalue weighted by molar-refractivity contribution is 6.30. The predicted molar refractivity (Wildman–Crippen MR) is 106 cm³/mol. The summed E-state index contributed by atoms with van der Waals surface area (Å²) in [6.07, 6.45) is 3.73. The molecule has 0 spiro atoms. The van der Waals surface area contributed by atoms with Crippen LogP contribution in [0.2, 0.25) is 5.02 Å². The van der Waals surface area contributed by atoms with Crippen LogP contribution >= 0.6 is 11.6 Å². The van der Waals surface area contributed by atoms with Gasteiger partial charge in [0.1, 0.15) is 5.82 Å². The van der Waals surface area contributed by atoms with Gasteiger partial charge in [-0.1, -0.05) is 23.7 Å². The van der Waals surface area contributed by atoms with Gasteiger partial charge in [0, 0.05) is 30.8 Å². The minimum atomic E-state index is -0.262. The van der Waals surface area contributed by atoms with Crippen LogP contribution < -0.4 is 10.9 Å². The molecule has 0 saturated carbocycles. The number of aromatic nitrogens is 4. The molecule has 3 aromatic rings. The number of benzene rings is 1. The molecule has 0 aliphatic carbocycles. The summed E-state index contributed by atoms with van der Waals surface area (Å²) in [7, 11) is 0. The topological polar surface area (TPSA) is 105 Å². The molecule has 1 atom stereocenters. The van der Waals surface area contributed by atoms with Gasteiger partial charge in [-0.2, -0.15) is 0 Å². The molecule has 148 valence electrons. The third-order valence-corrected chi connectivity index (χ3v) is 5.27. The largest absolute Gasteiger partial charge is 0.396 e. The molecule has 1 aliphatic heterocycles. The third-order valence-electron chi connectivity index (χ3n) is 5.02. The Kier molecular flexibility index (Phi) is 5.61. The monoisotopic (exact) mass is 403 g/mol. The van der Waals surface area contributed by atoms with E-state index in [1.54, 1.807) is 22.8 Å². The third kappa shape index (κ3) is 3.89. The molecule has 0 bridgehead atoms. The van der Waals surface area contributed by atoms with E-state index in [1.165, 1.54) is 0 Å². The number of nitrogens with zero attached hydrogens (tertiary/aromatic N) is 3. The maximum Gasteiger partial charge on any atom is 0.278 e. The normalized spacial score (nSPS) is 16.4. The van der Waals surface area contributed by atoms with Gasteiger partial charge in [0.2, 0.25) is 5.95 Å². The number of hydrogen-bond acceptors (Lipinski definition) is 6. The van der Waals surface area contributed by atoms with Gasteiger partial charge >= 0.3 is 0 Å². The van der Waals surface area contributed by atoms with E-state index in [4.69, 9.17) is 16.3 Å². The summed E-state index contributed by atoms with van der Waals surface area (Å²) in [6, 6.07) is 7.13. The number of imidazole rings is 1. The van der Waals surface area contributed by atoms with Crippen LogP contribution in [-0.4, -0.2) is 44.5 Å². The first-order chi connectivity index (χ1) is 13.7. The van der Waals surface area contributed by atoms with E-state index in [0.717, 1.165) is 24.2 Å². The van der Waals surface area contributed by atoms with E-state index < -0.39 is 0 Å². The Labute approximate surface area is 166 Å². The summed E-state index contributed by atoms with van der Waals surface area (Å²) in [4.78, 5) is 19.7. The summed E-state index contributed by atoms with van der Waals surface area (Å²) in [6.45, 7) is 1.36. The van der Waals surface area contributed by atoms with Crippen molar-refractivity contribution in [3.63, 3.8) is 0 Å². The van der Waals surface area contributed by atoms with E-state index in [-0.39, 0.29) is 24.1 Å². The van der Waals surface area contributed by atoms with E-state index in [0.29, 0.717) is 36.1 Å². The lowest BCUT2D eigenvalue weighted by molar-refractivity contribution is 0.0832. The predicted octanol–water partition coefficient (Wildman–Crippen LogP) is 2.50. The maximum atomic E-state index is 12.5.